The number of anilines is 1. The molecule has 1 saturated carbocycles. The zero-order valence-corrected chi connectivity index (χ0v) is 14.5. The molecule has 0 unspecified atom stereocenters. The van der Waals surface area contributed by atoms with Crippen LogP contribution in [0.2, 0.25) is 0 Å². The molecule has 0 aromatic heterocycles. The fourth-order valence-corrected chi connectivity index (χ4v) is 2.79. The van der Waals surface area contributed by atoms with Gasteiger partial charge in [-0.25, -0.2) is 0 Å². The number of ether oxygens (including phenoxy) is 1. The van der Waals surface area contributed by atoms with Gasteiger partial charge in [0, 0.05) is 12.6 Å². The minimum absolute atomic E-state index is 0.00971. The first-order valence-electron chi connectivity index (χ1n) is 8.65. The van der Waals surface area contributed by atoms with Crippen LogP contribution < -0.4 is 10.1 Å². The normalized spacial score (nSPS) is 14.0. The van der Waals surface area contributed by atoms with E-state index in [1.165, 1.54) is 18.4 Å². The third-order valence-corrected chi connectivity index (χ3v) is 4.24. The van der Waals surface area contributed by atoms with Gasteiger partial charge in [0.05, 0.1) is 19.3 Å². The van der Waals surface area contributed by atoms with Gasteiger partial charge in [0.1, 0.15) is 5.75 Å². The van der Waals surface area contributed by atoms with Crippen molar-refractivity contribution in [2.75, 3.05) is 25.5 Å². The molecule has 0 radical (unpaired) electrons. The summed E-state index contributed by atoms with van der Waals surface area (Å²) >= 11 is 0. The Balaban J connectivity index is 1.56. The first kappa shape index (κ1) is 17.2. The summed E-state index contributed by atoms with van der Waals surface area (Å²) in [4.78, 5) is 14.7. The summed E-state index contributed by atoms with van der Waals surface area (Å²) in [6.45, 7) is 1.17. The number of carbonyl (C=O) groups excluding carboxylic acids is 1. The Morgan fingerprint density at radius 2 is 1.88 bits per heavy atom. The summed E-state index contributed by atoms with van der Waals surface area (Å²) in [7, 11) is 1.61. The number of benzene rings is 2. The van der Waals surface area contributed by atoms with Crippen molar-refractivity contribution in [1.29, 1.82) is 0 Å². The summed E-state index contributed by atoms with van der Waals surface area (Å²) in [6, 6.07) is 18.2. The van der Waals surface area contributed by atoms with Gasteiger partial charge >= 0.3 is 0 Å². The van der Waals surface area contributed by atoms with E-state index in [-0.39, 0.29) is 5.91 Å². The van der Waals surface area contributed by atoms with Crippen molar-refractivity contribution in [1.82, 2.24) is 4.90 Å². The van der Waals surface area contributed by atoms with Crippen LogP contribution in [0, 0.1) is 0 Å². The summed E-state index contributed by atoms with van der Waals surface area (Å²) in [5.74, 6) is 0.669. The van der Waals surface area contributed by atoms with Crippen molar-refractivity contribution >= 4 is 17.7 Å². The predicted octanol–water partition coefficient (Wildman–Crippen LogP) is 3.81. The quantitative estimate of drug-likeness (QED) is 0.797. The van der Waals surface area contributed by atoms with E-state index in [2.05, 4.69) is 34.5 Å². The van der Waals surface area contributed by atoms with Gasteiger partial charge in [-0.05, 0) is 30.5 Å². The van der Waals surface area contributed by atoms with Gasteiger partial charge in [0.2, 0.25) is 5.91 Å². The van der Waals surface area contributed by atoms with Crippen LogP contribution in [0.15, 0.2) is 60.7 Å². The minimum atomic E-state index is -0.00971. The van der Waals surface area contributed by atoms with Gasteiger partial charge < -0.3 is 10.1 Å². The number of carbonyl (C=O) groups is 1. The van der Waals surface area contributed by atoms with Gasteiger partial charge in [-0.1, -0.05) is 54.6 Å². The first-order chi connectivity index (χ1) is 12.3. The molecule has 0 heterocycles. The number of hydrogen-bond donors (Lipinski definition) is 1. The second-order valence-corrected chi connectivity index (χ2v) is 6.22. The predicted molar refractivity (Wildman–Crippen MR) is 102 cm³/mol. The molecule has 0 atom stereocenters. The zero-order chi connectivity index (χ0) is 17.5. The molecule has 4 heteroatoms. The zero-order valence-electron chi connectivity index (χ0n) is 14.5. The highest BCUT2D eigenvalue weighted by Gasteiger charge is 2.29. The van der Waals surface area contributed by atoms with Crippen molar-refractivity contribution in [3.8, 4) is 5.75 Å². The van der Waals surface area contributed by atoms with Crippen LogP contribution >= 0.6 is 0 Å². The summed E-state index contributed by atoms with van der Waals surface area (Å²) in [5, 5.41) is 2.95. The molecule has 25 heavy (non-hydrogen) atoms. The summed E-state index contributed by atoms with van der Waals surface area (Å²) < 4.78 is 5.29. The second-order valence-electron chi connectivity index (χ2n) is 6.22. The average Bonchev–Trinajstić information content (AvgIpc) is 3.47. The Kier molecular flexibility index (Phi) is 5.86. The van der Waals surface area contributed by atoms with E-state index in [0.717, 1.165) is 6.54 Å². The molecule has 2 aromatic rings. The molecule has 1 aliphatic carbocycles. The fraction of sp³-hybridized carbons (Fsp3) is 0.286. The van der Waals surface area contributed by atoms with E-state index in [1.807, 2.05) is 42.5 Å². The average molecular weight is 336 g/mol. The number of methoxy groups -OCH3 is 1. The Morgan fingerprint density at radius 1 is 1.16 bits per heavy atom. The van der Waals surface area contributed by atoms with Crippen molar-refractivity contribution in [3.05, 3.63) is 66.2 Å². The van der Waals surface area contributed by atoms with Crippen LogP contribution in [0.3, 0.4) is 0 Å². The van der Waals surface area contributed by atoms with Crippen LogP contribution in [0.4, 0.5) is 5.69 Å². The summed E-state index contributed by atoms with van der Waals surface area (Å²) in [6.07, 6.45) is 6.57. The largest absolute Gasteiger partial charge is 0.495 e. The highest BCUT2D eigenvalue weighted by Crippen LogP contribution is 2.27. The van der Waals surface area contributed by atoms with Crippen LogP contribution in [-0.2, 0) is 4.79 Å². The maximum absolute atomic E-state index is 12.4. The number of hydrogen-bond acceptors (Lipinski definition) is 3. The van der Waals surface area contributed by atoms with Gasteiger partial charge in [-0.2, -0.15) is 0 Å². The molecule has 0 spiro atoms. The fourth-order valence-electron chi connectivity index (χ4n) is 2.79. The molecule has 4 nitrogen and oxygen atoms in total. The monoisotopic (exact) mass is 336 g/mol. The Labute approximate surface area is 149 Å². The minimum Gasteiger partial charge on any atom is -0.495 e. The highest BCUT2D eigenvalue weighted by molar-refractivity contribution is 5.93. The Morgan fingerprint density at radius 3 is 2.60 bits per heavy atom. The molecule has 0 bridgehead atoms. The number of nitrogens with one attached hydrogen (secondary N) is 1. The van der Waals surface area contributed by atoms with Crippen LogP contribution in [-0.4, -0.2) is 37.0 Å². The lowest BCUT2D eigenvalue weighted by Crippen LogP contribution is -2.35. The molecule has 2 aromatic carbocycles. The Bertz CT molecular complexity index is 724. The number of rotatable bonds is 8. The van der Waals surface area contributed by atoms with Crippen LogP contribution in [0.5, 0.6) is 5.75 Å². The molecular weight excluding hydrogens is 312 g/mol. The maximum atomic E-state index is 12.4. The Hall–Kier alpha value is -2.59. The number of nitrogens with zero attached hydrogens (tertiary/aromatic N) is 1. The topological polar surface area (TPSA) is 41.6 Å². The molecule has 1 amide bonds. The number of amides is 1. The second kappa shape index (κ2) is 8.49. The van der Waals surface area contributed by atoms with Crippen molar-refractivity contribution < 1.29 is 9.53 Å². The maximum Gasteiger partial charge on any atom is 0.238 e. The van der Waals surface area contributed by atoms with E-state index in [1.54, 1.807) is 7.11 Å². The van der Waals surface area contributed by atoms with Crippen molar-refractivity contribution in [2.24, 2.45) is 0 Å². The smallest absolute Gasteiger partial charge is 0.238 e. The summed E-state index contributed by atoms with van der Waals surface area (Å²) in [5.41, 5.74) is 1.89. The van der Waals surface area contributed by atoms with E-state index in [0.29, 0.717) is 24.0 Å². The van der Waals surface area contributed by atoms with E-state index in [9.17, 15) is 4.79 Å². The molecule has 0 saturated heterocycles. The van der Waals surface area contributed by atoms with E-state index < -0.39 is 0 Å². The molecule has 1 fully saturated rings. The van der Waals surface area contributed by atoms with Crippen LogP contribution in [0.25, 0.3) is 6.08 Å². The molecule has 130 valence electrons. The first-order valence-corrected chi connectivity index (χ1v) is 8.65. The molecule has 1 N–H and O–H groups in total. The van der Waals surface area contributed by atoms with E-state index >= 15 is 0 Å². The SMILES string of the molecule is COc1ccccc1NC(=O)CN(CC=Cc1ccccc1)C1CC1. The molecule has 0 aliphatic heterocycles. The lowest BCUT2D eigenvalue weighted by Gasteiger charge is -2.20. The third-order valence-electron chi connectivity index (χ3n) is 4.24. The highest BCUT2D eigenvalue weighted by atomic mass is 16.5. The lowest BCUT2D eigenvalue weighted by atomic mass is 10.2. The van der Waals surface area contributed by atoms with E-state index in [4.69, 9.17) is 4.74 Å². The van der Waals surface area contributed by atoms with Gasteiger partial charge in [-0.15, -0.1) is 0 Å². The molecule has 1 aliphatic rings. The van der Waals surface area contributed by atoms with Gasteiger partial charge in [-0.3, -0.25) is 9.69 Å². The standard InChI is InChI=1S/C21H24N2O2/c1-25-20-12-6-5-11-19(20)22-21(24)16-23(18-13-14-18)15-7-10-17-8-3-2-4-9-17/h2-12,18H,13-16H2,1H3,(H,22,24). The van der Waals surface area contributed by atoms with Gasteiger partial charge in [0.25, 0.3) is 0 Å². The van der Waals surface area contributed by atoms with Crippen molar-refractivity contribution in [2.45, 2.75) is 18.9 Å². The van der Waals surface area contributed by atoms with Crippen molar-refractivity contribution in [3.63, 3.8) is 0 Å². The molecular formula is C21H24N2O2. The van der Waals surface area contributed by atoms with Crippen LogP contribution in [0.1, 0.15) is 18.4 Å². The number of para-hydroxylation sites is 2. The van der Waals surface area contributed by atoms with Gasteiger partial charge in [0.15, 0.2) is 0 Å². The molecule has 3 rings (SSSR count). The third kappa shape index (κ3) is 5.19. The lowest BCUT2D eigenvalue weighted by molar-refractivity contribution is -0.117.